The molecule has 3 aromatic rings. The first kappa shape index (κ1) is 20.4. The van der Waals surface area contributed by atoms with Gasteiger partial charge in [0.15, 0.2) is 0 Å². The molecule has 2 heterocycles. The minimum Gasteiger partial charge on any atom is -0.489 e. The number of rotatable bonds is 3. The molecule has 0 amide bonds. The van der Waals surface area contributed by atoms with E-state index in [9.17, 15) is 21.6 Å². The fraction of sp³-hybridized carbons (Fsp3) is 0.158. The molecule has 2 aromatic carbocycles. The number of hydrogen-bond acceptors (Lipinski definition) is 5. The summed E-state index contributed by atoms with van der Waals surface area (Å²) in [6, 6.07) is 10.0. The van der Waals surface area contributed by atoms with E-state index in [-0.39, 0.29) is 24.1 Å². The van der Waals surface area contributed by atoms with Crippen molar-refractivity contribution >= 4 is 27.3 Å². The van der Waals surface area contributed by atoms with Gasteiger partial charge in [-0.2, -0.15) is 13.2 Å². The van der Waals surface area contributed by atoms with Crippen LogP contribution in [0.1, 0.15) is 5.56 Å². The molecule has 0 atom stereocenters. The summed E-state index contributed by atoms with van der Waals surface area (Å²) in [4.78, 5) is 7.45. The summed E-state index contributed by atoms with van der Waals surface area (Å²) in [5, 5.41) is 0.0231. The van der Waals surface area contributed by atoms with Crippen molar-refractivity contribution in [2.45, 2.75) is 11.1 Å². The van der Waals surface area contributed by atoms with Crippen LogP contribution in [-0.4, -0.2) is 31.5 Å². The van der Waals surface area contributed by atoms with Crippen LogP contribution in [0.4, 0.5) is 18.9 Å². The Morgan fingerprint density at radius 1 is 1.10 bits per heavy atom. The van der Waals surface area contributed by atoms with E-state index in [2.05, 4.69) is 9.97 Å². The summed E-state index contributed by atoms with van der Waals surface area (Å²) in [6.07, 6.45) is -3.20. The summed E-state index contributed by atoms with van der Waals surface area (Å²) in [7, 11) is -4.27. The zero-order chi connectivity index (χ0) is 21.5. The molecule has 0 N–H and O–H groups in total. The van der Waals surface area contributed by atoms with Crippen LogP contribution in [0.2, 0.25) is 5.28 Å². The van der Waals surface area contributed by atoms with Gasteiger partial charge in [0.05, 0.1) is 28.4 Å². The van der Waals surface area contributed by atoms with Gasteiger partial charge in [-0.1, -0.05) is 6.07 Å². The third-order valence-corrected chi connectivity index (χ3v) is 6.44. The number of benzene rings is 2. The van der Waals surface area contributed by atoms with Crippen LogP contribution < -0.4 is 9.04 Å². The van der Waals surface area contributed by atoms with Crippen LogP contribution in [-0.2, 0) is 16.2 Å². The Kier molecular flexibility index (Phi) is 5.07. The highest BCUT2D eigenvalue weighted by molar-refractivity contribution is 7.92. The Bertz CT molecular complexity index is 1220. The summed E-state index contributed by atoms with van der Waals surface area (Å²) in [5.41, 5.74) is 0.167. The second-order valence-corrected chi connectivity index (χ2v) is 8.55. The van der Waals surface area contributed by atoms with E-state index in [0.29, 0.717) is 23.1 Å². The predicted octanol–water partition coefficient (Wildman–Crippen LogP) is 4.40. The molecule has 0 saturated heterocycles. The van der Waals surface area contributed by atoms with Crippen molar-refractivity contribution in [2.75, 3.05) is 17.5 Å². The first-order valence-electron chi connectivity index (χ1n) is 8.62. The predicted molar refractivity (Wildman–Crippen MR) is 104 cm³/mol. The van der Waals surface area contributed by atoms with Gasteiger partial charge in [-0.3, -0.25) is 4.31 Å². The number of fused-ring (bicyclic) bond motifs is 1. The Hall–Kier alpha value is -2.85. The van der Waals surface area contributed by atoms with Gasteiger partial charge < -0.3 is 4.74 Å². The summed E-state index contributed by atoms with van der Waals surface area (Å²) in [5.74, 6) is 0.292. The lowest BCUT2D eigenvalue weighted by atomic mass is 10.1. The van der Waals surface area contributed by atoms with Gasteiger partial charge in [-0.05, 0) is 54.1 Å². The molecule has 6 nitrogen and oxygen atoms in total. The molecule has 0 radical (unpaired) electrons. The van der Waals surface area contributed by atoms with Crippen molar-refractivity contribution in [3.63, 3.8) is 0 Å². The van der Waals surface area contributed by atoms with Crippen LogP contribution in [0.5, 0.6) is 5.75 Å². The largest absolute Gasteiger partial charge is 0.489 e. The molecule has 0 saturated carbocycles. The van der Waals surface area contributed by atoms with Crippen LogP contribution in [0.3, 0.4) is 0 Å². The maximum absolute atomic E-state index is 13.2. The van der Waals surface area contributed by atoms with Gasteiger partial charge in [0.1, 0.15) is 12.4 Å². The average molecular weight is 456 g/mol. The number of hydrogen-bond donors (Lipinski definition) is 0. The normalized spacial score (nSPS) is 14.2. The molecule has 0 fully saturated rings. The monoisotopic (exact) mass is 455 g/mol. The zero-order valence-electron chi connectivity index (χ0n) is 15.1. The first-order valence-corrected chi connectivity index (χ1v) is 10.4. The molecule has 0 spiro atoms. The minimum absolute atomic E-state index is 0.0231. The van der Waals surface area contributed by atoms with E-state index in [4.69, 9.17) is 16.3 Å². The quantitative estimate of drug-likeness (QED) is 0.547. The van der Waals surface area contributed by atoms with Crippen molar-refractivity contribution in [1.82, 2.24) is 9.97 Å². The van der Waals surface area contributed by atoms with Crippen molar-refractivity contribution in [1.29, 1.82) is 0 Å². The fourth-order valence-corrected chi connectivity index (χ4v) is 4.70. The number of ether oxygens (including phenoxy) is 1. The number of anilines is 1. The molecular formula is C19H13ClF3N3O3S. The molecule has 1 aromatic heterocycles. The minimum atomic E-state index is -4.66. The van der Waals surface area contributed by atoms with Crippen LogP contribution in [0.25, 0.3) is 11.3 Å². The Labute approximate surface area is 175 Å². The van der Waals surface area contributed by atoms with Gasteiger partial charge in [0.25, 0.3) is 10.0 Å². The number of aromatic nitrogens is 2. The van der Waals surface area contributed by atoms with E-state index < -0.39 is 26.7 Å². The van der Waals surface area contributed by atoms with Gasteiger partial charge >= 0.3 is 6.18 Å². The number of alkyl halides is 3. The highest BCUT2D eigenvalue weighted by Crippen LogP contribution is 2.39. The first-order chi connectivity index (χ1) is 14.2. The number of halogens is 4. The standard InChI is InChI=1S/C19H13ClF3N3O3S/c20-18-24-7-6-15(25-18)12-4-5-17-16(10-12)26(8-9-29-17)30(27,28)14-3-1-2-13(11-14)19(21,22)23/h1-7,10-11H,8-9H2. The average Bonchev–Trinajstić information content (AvgIpc) is 2.72. The molecule has 4 rings (SSSR count). The lowest BCUT2D eigenvalue weighted by Gasteiger charge is -2.31. The fourth-order valence-electron chi connectivity index (χ4n) is 3.06. The van der Waals surface area contributed by atoms with Crippen molar-refractivity contribution < 1.29 is 26.3 Å². The van der Waals surface area contributed by atoms with Gasteiger partial charge in [-0.25, -0.2) is 18.4 Å². The van der Waals surface area contributed by atoms with E-state index in [1.807, 2.05) is 0 Å². The number of sulfonamides is 1. The molecule has 30 heavy (non-hydrogen) atoms. The van der Waals surface area contributed by atoms with Crippen molar-refractivity contribution in [3.8, 4) is 17.0 Å². The molecule has 0 aliphatic carbocycles. The molecule has 0 bridgehead atoms. The lowest BCUT2D eigenvalue weighted by molar-refractivity contribution is -0.137. The number of nitrogens with zero attached hydrogens (tertiary/aromatic N) is 3. The maximum Gasteiger partial charge on any atom is 0.416 e. The van der Waals surface area contributed by atoms with Crippen LogP contribution in [0, 0.1) is 0 Å². The lowest BCUT2D eigenvalue weighted by Crippen LogP contribution is -2.38. The molecular weight excluding hydrogens is 443 g/mol. The van der Waals surface area contributed by atoms with E-state index >= 15 is 0 Å². The molecule has 11 heteroatoms. The van der Waals surface area contributed by atoms with Crippen LogP contribution >= 0.6 is 11.6 Å². The second kappa shape index (κ2) is 7.44. The van der Waals surface area contributed by atoms with E-state index in [1.165, 1.54) is 12.3 Å². The Morgan fingerprint density at radius 2 is 1.90 bits per heavy atom. The van der Waals surface area contributed by atoms with Crippen molar-refractivity contribution in [2.24, 2.45) is 0 Å². The second-order valence-electron chi connectivity index (χ2n) is 6.34. The third-order valence-electron chi connectivity index (χ3n) is 4.45. The summed E-state index contributed by atoms with van der Waals surface area (Å²) < 4.78 is 72.1. The van der Waals surface area contributed by atoms with E-state index in [0.717, 1.165) is 22.5 Å². The maximum atomic E-state index is 13.2. The smallest absolute Gasteiger partial charge is 0.416 e. The van der Waals surface area contributed by atoms with Gasteiger partial charge in [0, 0.05) is 11.8 Å². The van der Waals surface area contributed by atoms with E-state index in [1.54, 1.807) is 18.2 Å². The highest BCUT2D eigenvalue weighted by Gasteiger charge is 2.34. The Morgan fingerprint density at radius 3 is 2.63 bits per heavy atom. The summed E-state index contributed by atoms with van der Waals surface area (Å²) in [6.45, 7) is 0.00341. The molecule has 1 aliphatic heterocycles. The summed E-state index contributed by atoms with van der Waals surface area (Å²) >= 11 is 5.83. The topological polar surface area (TPSA) is 72.4 Å². The SMILES string of the molecule is O=S(=O)(c1cccc(C(F)(F)F)c1)N1CCOc2ccc(-c3ccnc(Cl)n3)cc21. The Balaban J connectivity index is 1.80. The van der Waals surface area contributed by atoms with Crippen molar-refractivity contribution in [3.05, 3.63) is 65.6 Å². The third kappa shape index (κ3) is 3.80. The van der Waals surface area contributed by atoms with Gasteiger partial charge in [-0.15, -0.1) is 0 Å². The zero-order valence-corrected chi connectivity index (χ0v) is 16.7. The van der Waals surface area contributed by atoms with Crippen LogP contribution in [0.15, 0.2) is 59.6 Å². The molecule has 1 aliphatic rings. The molecule has 156 valence electrons. The molecule has 0 unspecified atom stereocenters. The highest BCUT2D eigenvalue weighted by atomic mass is 35.5. The van der Waals surface area contributed by atoms with Gasteiger partial charge in [0.2, 0.25) is 5.28 Å².